The lowest BCUT2D eigenvalue weighted by atomic mass is 9.87. The van der Waals surface area contributed by atoms with Crippen LogP contribution in [0.1, 0.15) is 36.9 Å². The largest absolute Gasteiger partial charge is 0.481 e. The Morgan fingerprint density at radius 2 is 2.00 bits per heavy atom. The van der Waals surface area contributed by atoms with E-state index in [1.807, 2.05) is 30.3 Å². The van der Waals surface area contributed by atoms with Crippen molar-refractivity contribution >= 4 is 12.1 Å². The van der Waals surface area contributed by atoms with E-state index < -0.39 is 18.0 Å². The highest BCUT2D eigenvalue weighted by Gasteiger charge is 2.29. The molecule has 1 aliphatic rings. The molecule has 2 aromatic heterocycles. The minimum absolute atomic E-state index is 0.0311. The smallest absolute Gasteiger partial charge is 0.410 e. The molecule has 2 heterocycles. The van der Waals surface area contributed by atoms with E-state index in [4.69, 9.17) is 13.9 Å². The molecule has 1 amide bonds. The second-order valence-electron chi connectivity index (χ2n) is 8.46. The number of amides is 1. The van der Waals surface area contributed by atoms with E-state index in [9.17, 15) is 14.7 Å². The summed E-state index contributed by atoms with van der Waals surface area (Å²) < 4.78 is 18.7. The molecule has 0 aliphatic heterocycles. The Morgan fingerprint density at radius 1 is 1.21 bits per heavy atom. The summed E-state index contributed by atoms with van der Waals surface area (Å²) >= 11 is 0. The first-order valence-corrected chi connectivity index (χ1v) is 11.2. The van der Waals surface area contributed by atoms with Crippen molar-refractivity contribution in [2.24, 2.45) is 13.0 Å². The van der Waals surface area contributed by atoms with E-state index in [1.54, 1.807) is 26.2 Å². The van der Waals surface area contributed by atoms with Gasteiger partial charge in [-0.05, 0) is 37.3 Å². The van der Waals surface area contributed by atoms with Crippen molar-refractivity contribution in [2.75, 3.05) is 7.05 Å². The van der Waals surface area contributed by atoms with Crippen LogP contribution in [0.25, 0.3) is 11.5 Å². The van der Waals surface area contributed by atoms with Crippen LogP contribution in [0.5, 0.6) is 5.95 Å². The first-order chi connectivity index (χ1) is 16.4. The van der Waals surface area contributed by atoms with Crippen molar-refractivity contribution in [3.05, 3.63) is 53.7 Å². The number of carboxylic acid groups (broad SMARTS) is 1. The third-order valence-corrected chi connectivity index (χ3v) is 5.92. The second kappa shape index (κ2) is 10.4. The lowest BCUT2D eigenvalue weighted by Crippen LogP contribution is -2.29. The summed E-state index contributed by atoms with van der Waals surface area (Å²) in [7, 11) is 3.38. The molecule has 4 rings (SSSR count). The highest BCUT2D eigenvalue weighted by molar-refractivity contribution is 5.70. The van der Waals surface area contributed by atoms with Gasteiger partial charge in [0.2, 0.25) is 0 Å². The first-order valence-electron chi connectivity index (χ1n) is 11.2. The molecule has 0 saturated heterocycles. The van der Waals surface area contributed by atoms with Crippen LogP contribution in [0.3, 0.4) is 0 Å². The number of benzene rings is 1. The standard InChI is InChI=1S/C24H28N4O6/c1-27(14-16-7-4-3-5-8-16)24(31)32-15-19-22(25-26-28(19)2)20-11-12-21(34-20)33-18-10-6-9-17(13-18)23(29)30/h3-5,7-8,11-12,17-18H,6,9-10,13-15H2,1-2H3,(H,29,30)/t17-,18?/m0/s1. The van der Waals surface area contributed by atoms with Crippen LogP contribution >= 0.6 is 0 Å². The number of carbonyl (C=O) groups is 2. The van der Waals surface area contributed by atoms with E-state index in [2.05, 4.69) is 10.3 Å². The van der Waals surface area contributed by atoms with Crippen molar-refractivity contribution in [1.82, 2.24) is 19.9 Å². The monoisotopic (exact) mass is 468 g/mol. The van der Waals surface area contributed by atoms with Crippen molar-refractivity contribution < 1.29 is 28.6 Å². The summed E-state index contributed by atoms with van der Waals surface area (Å²) in [4.78, 5) is 25.3. The molecule has 1 saturated carbocycles. The van der Waals surface area contributed by atoms with Gasteiger partial charge in [-0.3, -0.25) is 4.79 Å². The molecular weight excluding hydrogens is 440 g/mol. The van der Waals surface area contributed by atoms with Gasteiger partial charge in [-0.25, -0.2) is 9.48 Å². The molecule has 0 bridgehead atoms. The molecule has 10 nitrogen and oxygen atoms in total. The highest BCUT2D eigenvalue weighted by Crippen LogP contribution is 2.32. The number of aromatic nitrogens is 3. The predicted octanol–water partition coefficient (Wildman–Crippen LogP) is 3.87. The number of carboxylic acids is 1. The van der Waals surface area contributed by atoms with Crippen molar-refractivity contribution in [3.8, 4) is 17.4 Å². The minimum Gasteiger partial charge on any atom is -0.481 e. The van der Waals surface area contributed by atoms with Gasteiger partial charge in [0.05, 0.1) is 5.92 Å². The minimum atomic E-state index is -0.790. The molecule has 180 valence electrons. The van der Waals surface area contributed by atoms with Crippen LogP contribution in [0.2, 0.25) is 0 Å². The fraction of sp³-hybridized carbons (Fsp3) is 0.417. The van der Waals surface area contributed by atoms with Gasteiger partial charge < -0.3 is 23.9 Å². The summed E-state index contributed by atoms with van der Waals surface area (Å²) in [6, 6.07) is 13.0. The molecule has 1 aromatic carbocycles. The number of ether oxygens (including phenoxy) is 2. The van der Waals surface area contributed by atoms with E-state index in [0.29, 0.717) is 42.5 Å². The van der Waals surface area contributed by atoms with E-state index in [-0.39, 0.29) is 12.7 Å². The molecule has 1 N–H and O–H groups in total. The van der Waals surface area contributed by atoms with Crippen LogP contribution < -0.4 is 4.74 Å². The maximum atomic E-state index is 12.5. The zero-order chi connectivity index (χ0) is 24.1. The molecule has 3 aromatic rings. The van der Waals surface area contributed by atoms with E-state index in [1.165, 1.54) is 9.58 Å². The molecule has 1 aliphatic carbocycles. The summed E-state index contributed by atoms with van der Waals surface area (Å²) in [5.41, 5.74) is 2.02. The molecule has 1 fully saturated rings. The SMILES string of the molecule is CN(Cc1ccccc1)C(=O)OCc1c(-c2ccc(OC3CCC[C@H](C(=O)O)C3)o2)nnn1C. The summed E-state index contributed by atoms with van der Waals surface area (Å²) in [6.45, 7) is 0.398. The van der Waals surface area contributed by atoms with Gasteiger partial charge in [0.15, 0.2) is 11.5 Å². The first kappa shape index (κ1) is 23.3. The van der Waals surface area contributed by atoms with Crippen molar-refractivity contribution in [1.29, 1.82) is 0 Å². The van der Waals surface area contributed by atoms with Crippen LogP contribution in [0, 0.1) is 5.92 Å². The third kappa shape index (κ3) is 5.56. The quantitative estimate of drug-likeness (QED) is 0.529. The normalized spacial score (nSPS) is 17.8. The Kier molecular flexibility index (Phi) is 7.15. The fourth-order valence-electron chi connectivity index (χ4n) is 4.04. The van der Waals surface area contributed by atoms with Gasteiger partial charge in [-0.1, -0.05) is 35.5 Å². The van der Waals surface area contributed by atoms with E-state index >= 15 is 0 Å². The number of carbonyl (C=O) groups excluding carboxylic acids is 1. The van der Waals surface area contributed by atoms with Crippen LogP contribution in [0.4, 0.5) is 4.79 Å². The number of aryl methyl sites for hydroxylation is 1. The summed E-state index contributed by atoms with van der Waals surface area (Å²) in [6.07, 6.45) is 2.02. The van der Waals surface area contributed by atoms with Crippen LogP contribution in [0.15, 0.2) is 46.9 Å². The van der Waals surface area contributed by atoms with Gasteiger partial charge in [0, 0.05) is 26.7 Å². The fourth-order valence-corrected chi connectivity index (χ4v) is 4.04. The highest BCUT2D eigenvalue weighted by atomic mass is 16.6. The Bertz CT molecular complexity index is 1130. The topological polar surface area (TPSA) is 120 Å². The molecule has 0 radical (unpaired) electrons. The number of hydrogen-bond donors (Lipinski definition) is 1. The average molecular weight is 469 g/mol. The van der Waals surface area contributed by atoms with Crippen molar-refractivity contribution in [2.45, 2.75) is 44.9 Å². The van der Waals surface area contributed by atoms with Crippen LogP contribution in [-0.4, -0.2) is 50.2 Å². The maximum Gasteiger partial charge on any atom is 0.410 e. The molecule has 34 heavy (non-hydrogen) atoms. The Hall–Kier alpha value is -3.82. The molecule has 0 spiro atoms. The lowest BCUT2D eigenvalue weighted by molar-refractivity contribution is -0.144. The Labute approximate surface area is 197 Å². The maximum absolute atomic E-state index is 12.5. The molecule has 10 heteroatoms. The second-order valence-corrected chi connectivity index (χ2v) is 8.46. The predicted molar refractivity (Wildman–Crippen MR) is 121 cm³/mol. The number of rotatable bonds is 8. The zero-order valence-electron chi connectivity index (χ0n) is 19.2. The number of aliphatic carboxylic acids is 1. The van der Waals surface area contributed by atoms with Gasteiger partial charge in [-0.2, -0.15) is 0 Å². The summed E-state index contributed by atoms with van der Waals surface area (Å²) in [5.74, 6) is -0.462. The van der Waals surface area contributed by atoms with E-state index in [0.717, 1.165) is 18.4 Å². The molecule has 1 unspecified atom stereocenters. The Morgan fingerprint density at radius 3 is 2.76 bits per heavy atom. The third-order valence-electron chi connectivity index (χ3n) is 5.92. The number of furan rings is 1. The van der Waals surface area contributed by atoms with Gasteiger partial charge in [-0.15, -0.1) is 5.10 Å². The lowest BCUT2D eigenvalue weighted by Gasteiger charge is -2.26. The Balaban J connectivity index is 1.37. The number of nitrogens with zero attached hydrogens (tertiary/aromatic N) is 4. The number of hydrogen-bond acceptors (Lipinski definition) is 7. The zero-order valence-corrected chi connectivity index (χ0v) is 19.2. The molecular formula is C24H28N4O6. The van der Waals surface area contributed by atoms with Gasteiger partial charge >= 0.3 is 12.1 Å². The molecule has 2 atom stereocenters. The summed E-state index contributed by atoms with van der Waals surface area (Å²) in [5, 5.41) is 17.5. The average Bonchev–Trinajstić information content (AvgIpc) is 3.44. The van der Waals surface area contributed by atoms with Gasteiger partial charge in [0.1, 0.15) is 18.4 Å². The van der Waals surface area contributed by atoms with Crippen molar-refractivity contribution in [3.63, 3.8) is 0 Å². The van der Waals surface area contributed by atoms with Crippen LogP contribution in [-0.2, 0) is 29.7 Å². The van der Waals surface area contributed by atoms with Gasteiger partial charge in [0.25, 0.3) is 5.95 Å².